The Labute approximate surface area is 315 Å². The molecule has 8 aromatic carbocycles. The first-order valence-corrected chi connectivity index (χ1v) is 19.2. The van der Waals surface area contributed by atoms with Gasteiger partial charge in [0.25, 0.3) is 0 Å². The standard InChI is InChI=1S/C51H37NS/c1-51(2)44-23-11-9-19-40(44)43-33-38(31-32-45(43)51)52(47-25-14-22-42-41-20-10-12-26-48(41)53-50(42)47)46-24-13-21-39(36-17-7-4-8-18-36)49(46)37-29-27-35(28-30-37)34-15-5-3-6-16-34/h3-33H,1-2H3. The van der Waals surface area contributed by atoms with E-state index in [-0.39, 0.29) is 5.41 Å². The number of anilines is 3. The van der Waals surface area contributed by atoms with Crippen molar-refractivity contribution in [2.24, 2.45) is 0 Å². The molecular weight excluding hydrogens is 659 g/mol. The van der Waals surface area contributed by atoms with E-state index in [0.29, 0.717) is 0 Å². The van der Waals surface area contributed by atoms with Gasteiger partial charge in [0.15, 0.2) is 0 Å². The van der Waals surface area contributed by atoms with Gasteiger partial charge < -0.3 is 4.90 Å². The van der Waals surface area contributed by atoms with Gasteiger partial charge in [-0.05, 0) is 80.4 Å². The molecule has 1 aliphatic rings. The topological polar surface area (TPSA) is 3.24 Å². The molecule has 0 aliphatic heterocycles. The van der Waals surface area contributed by atoms with Crippen LogP contribution >= 0.6 is 11.3 Å². The summed E-state index contributed by atoms with van der Waals surface area (Å²) in [6.07, 6.45) is 0. The summed E-state index contributed by atoms with van der Waals surface area (Å²) in [5.41, 5.74) is 16.0. The Morgan fingerprint density at radius 3 is 1.81 bits per heavy atom. The molecule has 0 atom stereocenters. The van der Waals surface area contributed by atoms with Crippen LogP contribution in [0.4, 0.5) is 17.1 Å². The minimum atomic E-state index is -0.0698. The van der Waals surface area contributed by atoms with Crippen LogP contribution in [0, 0.1) is 0 Å². The van der Waals surface area contributed by atoms with E-state index >= 15 is 0 Å². The van der Waals surface area contributed by atoms with Gasteiger partial charge in [-0.1, -0.05) is 172 Å². The molecule has 9 aromatic rings. The zero-order chi connectivity index (χ0) is 35.5. The quantitative estimate of drug-likeness (QED) is 0.167. The minimum Gasteiger partial charge on any atom is -0.308 e. The summed E-state index contributed by atoms with van der Waals surface area (Å²) in [6.45, 7) is 4.71. The molecule has 1 heterocycles. The summed E-state index contributed by atoms with van der Waals surface area (Å²) in [4.78, 5) is 2.53. The summed E-state index contributed by atoms with van der Waals surface area (Å²) in [5, 5.41) is 2.59. The molecular formula is C51H37NS. The maximum Gasteiger partial charge on any atom is 0.0640 e. The Bertz CT molecular complexity index is 2790. The fourth-order valence-electron chi connectivity index (χ4n) is 8.51. The van der Waals surface area contributed by atoms with Crippen LogP contribution in [-0.2, 0) is 5.41 Å². The van der Waals surface area contributed by atoms with Gasteiger partial charge in [-0.25, -0.2) is 0 Å². The van der Waals surface area contributed by atoms with E-state index in [9.17, 15) is 0 Å². The molecule has 2 heteroatoms. The van der Waals surface area contributed by atoms with Crippen molar-refractivity contribution < 1.29 is 0 Å². The highest BCUT2D eigenvalue weighted by Gasteiger charge is 2.36. The third kappa shape index (κ3) is 5.13. The average molecular weight is 696 g/mol. The Morgan fingerprint density at radius 2 is 1.00 bits per heavy atom. The van der Waals surface area contributed by atoms with Crippen molar-refractivity contribution in [2.75, 3.05) is 4.90 Å². The first kappa shape index (κ1) is 31.5. The smallest absolute Gasteiger partial charge is 0.0640 e. The Kier molecular flexibility index (Phi) is 7.42. The number of nitrogens with zero attached hydrogens (tertiary/aromatic N) is 1. The van der Waals surface area contributed by atoms with Crippen molar-refractivity contribution in [3.05, 3.63) is 199 Å². The van der Waals surface area contributed by atoms with Crippen LogP contribution in [0.15, 0.2) is 188 Å². The molecule has 0 N–H and O–H groups in total. The van der Waals surface area contributed by atoms with E-state index in [0.717, 1.165) is 11.4 Å². The molecule has 0 unspecified atom stereocenters. The van der Waals surface area contributed by atoms with Crippen LogP contribution in [-0.4, -0.2) is 0 Å². The van der Waals surface area contributed by atoms with Crippen LogP contribution in [0.2, 0.25) is 0 Å². The molecule has 10 rings (SSSR count). The number of benzene rings is 8. The Balaban J connectivity index is 1.27. The zero-order valence-electron chi connectivity index (χ0n) is 29.8. The molecule has 1 nitrogen and oxygen atoms in total. The van der Waals surface area contributed by atoms with Crippen LogP contribution < -0.4 is 4.90 Å². The predicted molar refractivity (Wildman–Crippen MR) is 228 cm³/mol. The first-order chi connectivity index (χ1) is 26.1. The van der Waals surface area contributed by atoms with Crippen molar-refractivity contribution in [1.29, 1.82) is 0 Å². The normalized spacial score (nSPS) is 12.9. The third-order valence-electron chi connectivity index (χ3n) is 11.1. The lowest BCUT2D eigenvalue weighted by Crippen LogP contribution is -2.15. The third-order valence-corrected chi connectivity index (χ3v) is 12.3. The van der Waals surface area contributed by atoms with Gasteiger partial charge in [0, 0.05) is 32.1 Å². The summed E-state index contributed by atoms with van der Waals surface area (Å²) in [7, 11) is 0. The summed E-state index contributed by atoms with van der Waals surface area (Å²) >= 11 is 1.88. The molecule has 0 saturated carbocycles. The van der Waals surface area contributed by atoms with Crippen molar-refractivity contribution in [1.82, 2.24) is 0 Å². The second kappa shape index (κ2) is 12.5. The van der Waals surface area contributed by atoms with Crippen LogP contribution in [0.3, 0.4) is 0 Å². The molecule has 0 radical (unpaired) electrons. The molecule has 0 saturated heterocycles. The molecule has 0 spiro atoms. The zero-order valence-corrected chi connectivity index (χ0v) is 30.6. The highest BCUT2D eigenvalue weighted by molar-refractivity contribution is 7.26. The number of hydrogen-bond acceptors (Lipinski definition) is 2. The lowest BCUT2D eigenvalue weighted by Gasteiger charge is -2.30. The SMILES string of the molecule is CC1(C)c2ccccc2-c2cc(N(c3cccc(-c4ccccc4)c3-c3ccc(-c4ccccc4)cc3)c3cccc4c3sc3ccccc34)ccc21. The summed E-state index contributed by atoms with van der Waals surface area (Å²) in [5.74, 6) is 0. The second-order valence-corrected chi connectivity index (χ2v) is 15.5. The molecule has 1 aromatic heterocycles. The van der Waals surface area contributed by atoms with Gasteiger partial charge in [0.05, 0.1) is 16.1 Å². The van der Waals surface area contributed by atoms with E-state index in [1.165, 1.54) is 81.5 Å². The first-order valence-electron chi connectivity index (χ1n) is 18.4. The number of fused-ring (bicyclic) bond motifs is 6. The fraction of sp³-hybridized carbons (Fsp3) is 0.0588. The molecule has 1 aliphatic carbocycles. The van der Waals surface area contributed by atoms with E-state index in [4.69, 9.17) is 0 Å². The highest BCUT2D eigenvalue weighted by Crippen LogP contribution is 2.53. The van der Waals surface area contributed by atoms with Gasteiger partial charge in [-0.15, -0.1) is 11.3 Å². The maximum atomic E-state index is 2.53. The molecule has 252 valence electrons. The largest absolute Gasteiger partial charge is 0.308 e. The number of rotatable bonds is 6. The Morgan fingerprint density at radius 1 is 0.415 bits per heavy atom. The van der Waals surface area contributed by atoms with E-state index in [1.54, 1.807) is 0 Å². The van der Waals surface area contributed by atoms with Crippen molar-refractivity contribution >= 4 is 48.6 Å². The van der Waals surface area contributed by atoms with E-state index in [2.05, 4.69) is 207 Å². The molecule has 0 amide bonds. The fourth-order valence-corrected chi connectivity index (χ4v) is 9.72. The van der Waals surface area contributed by atoms with Gasteiger partial charge in [-0.3, -0.25) is 0 Å². The van der Waals surface area contributed by atoms with Crippen LogP contribution in [0.5, 0.6) is 0 Å². The van der Waals surface area contributed by atoms with Crippen LogP contribution in [0.25, 0.3) is 64.7 Å². The second-order valence-electron chi connectivity index (χ2n) is 14.5. The number of thiophene rings is 1. The maximum absolute atomic E-state index is 2.53. The van der Waals surface area contributed by atoms with Gasteiger partial charge in [0.1, 0.15) is 0 Å². The highest BCUT2D eigenvalue weighted by atomic mass is 32.1. The minimum absolute atomic E-state index is 0.0698. The van der Waals surface area contributed by atoms with Gasteiger partial charge in [-0.2, -0.15) is 0 Å². The average Bonchev–Trinajstić information content (AvgIpc) is 3.71. The number of hydrogen-bond donors (Lipinski definition) is 0. The van der Waals surface area contributed by atoms with Crippen molar-refractivity contribution in [3.63, 3.8) is 0 Å². The van der Waals surface area contributed by atoms with Gasteiger partial charge >= 0.3 is 0 Å². The lowest BCUT2D eigenvalue weighted by molar-refractivity contribution is 0.660. The molecule has 0 bridgehead atoms. The molecule has 0 fully saturated rings. The molecule has 53 heavy (non-hydrogen) atoms. The van der Waals surface area contributed by atoms with E-state index in [1.807, 2.05) is 11.3 Å². The summed E-state index contributed by atoms with van der Waals surface area (Å²) in [6, 6.07) is 69.1. The van der Waals surface area contributed by atoms with Gasteiger partial charge in [0.2, 0.25) is 0 Å². The van der Waals surface area contributed by atoms with Crippen molar-refractivity contribution in [3.8, 4) is 44.5 Å². The van der Waals surface area contributed by atoms with Crippen molar-refractivity contribution in [2.45, 2.75) is 19.3 Å². The summed E-state index contributed by atoms with van der Waals surface area (Å²) < 4.78 is 2.58. The van der Waals surface area contributed by atoms with Crippen LogP contribution in [0.1, 0.15) is 25.0 Å². The Hall–Kier alpha value is -6.22. The van der Waals surface area contributed by atoms with E-state index < -0.39 is 0 Å². The lowest BCUT2D eigenvalue weighted by atomic mass is 9.82. The monoisotopic (exact) mass is 695 g/mol. The predicted octanol–water partition coefficient (Wildman–Crippen LogP) is 14.8.